The highest BCUT2D eigenvalue weighted by molar-refractivity contribution is 6.01. The van der Waals surface area contributed by atoms with Crippen molar-refractivity contribution in [2.45, 2.75) is 26.3 Å². The first-order valence-corrected chi connectivity index (χ1v) is 5.35. The van der Waals surface area contributed by atoms with Crippen molar-refractivity contribution in [2.24, 2.45) is 0 Å². The maximum atomic E-state index is 11.6. The molecule has 0 bridgehead atoms. The minimum absolute atomic E-state index is 0.0495. The molecule has 3 nitrogen and oxygen atoms in total. The number of hydrogen-bond acceptors (Lipinski definition) is 2. The predicted octanol–water partition coefficient (Wildman–Crippen LogP) is 1.79. The second-order valence-electron chi connectivity index (χ2n) is 4.68. The number of carbonyl (C=O) groups is 1. The molecule has 1 aliphatic rings. The molecule has 1 aliphatic heterocycles. The van der Waals surface area contributed by atoms with Crippen LogP contribution >= 0.6 is 0 Å². The summed E-state index contributed by atoms with van der Waals surface area (Å²) >= 11 is 0. The molecule has 2 rings (SSSR count). The van der Waals surface area contributed by atoms with Crippen molar-refractivity contribution in [1.82, 2.24) is 10.9 Å². The van der Waals surface area contributed by atoms with E-state index in [4.69, 9.17) is 0 Å². The molecule has 0 saturated carbocycles. The number of carbonyl (C=O) groups excluding carboxylic acids is 1. The van der Waals surface area contributed by atoms with E-state index in [1.807, 2.05) is 45.0 Å². The van der Waals surface area contributed by atoms with Gasteiger partial charge in [-0.25, -0.2) is 5.43 Å². The molecule has 0 atom stereocenters. The maximum absolute atomic E-state index is 11.6. The van der Waals surface area contributed by atoms with E-state index in [1.54, 1.807) is 0 Å². The molecule has 1 aromatic rings. The zero-order valence-corrected chi connectivity index (χ0v) is 9.79. The average Bonchev–Trinajstić information content (AvgIpc) is 2.45. The zero-order valence-electron chi connectivity index (χ0n) is 9.79. The van der Waals surface area contributed by atoms with E-state index in [0.717, 1.165) is 11.1 Å². The van der Waals surface area contributed by atoms with Crippen LogP contribution in [0.15, 0.2) is 29.8 Å². The van der Waals surface area contributed by atoms with Crippen LogP contribution in [0.4, 0.5) is 0 Å². The summed E-state index contributed by atoms with van der Waals surface area (Å²) in [5.41, 5.74) is 8.29. The van der Waals surface area contributed by atoms with Crippen molar-refractivity contribution in [3.63, 3.8) is 0 Å². The van der Waals surface area contributed by atoms with Crippen molar-refractivity contribution in [1.29, 1.82) is 0 Å². The normalized spacial score (nSPS) is 21.2. The molecule has 3 heteroatoms. The molecule has 0 spiro atoms. The fourth-order valence-corrected chi connectivity index (χ4v) is 1.80. The molecule has 1 aromatic carbocycles. The smallest absolute Gasteiger partial charge is 0.263 e. The van der Waals surface area contributed by atoms with Crippen LogP contribution in [0.2, 0.25) is 0 Å². The van der Waals surface area contributed by atoms with Crippen molar-refractivity contribution < 1.29 is 4.79 Å². The van der Waals surface area contributed by atoms with Gasteiger partial charge in [-0.2, -0.15) is 0 Å². The Bertz CT molecular complexity index is 461. The van der Waals surface area contributed by atoms with Gasteiger partial charge in [-0.1, -0.05) is 29.8 Å². The minimum atomic E-state index is -0.319. The lowest BCUT2D eigenvalue weighted by Gasteiger charge is -2.16. The Morgan fingerprint density at radius 2 is 2.06 bits per heavy atom. The molecular formula is C13H16N2O. The van der Waals surface area contributed by atoms with E-state index >= 15 is 0 Å². The second kappa shape index (κ2) is 3.76. The number of amides is 1. The molecule has 84 valence electrons. The van der Waals surface area contributed by atoms with Gasteiger partial charge < -0.3 is 0 Å². The van der Waals surface area contributed by atoms with Crippen LogP contribution in [0.1, 0.15) is 25.0 Å². The lowest BCUT2D eigenvalue weighted by molar-refractivity contribution is -0.116. The zero-order chi connectivity index (χ0) is 11.8. The summed E-state index contributed by atoms with van der Waals surface area (Å²) in [6.07, 6.45) is 1.93. The highest BCUT2D eigenvalue weighted by Crippen LogP contribution is 2.22. The van der Waals surface area contributed by atoms with E-state index in [9.17, 15) is 4.79 Å². The van der Waals surface area contributed by atoms with Crippen LogP contribution in [0.5, 0.6) is 0 Å². The van der Waals surface area contributed by atoms with Crippen molar-refractivity contribution in [3.8, 4) is 0 Å². The van der Waals surface area contributed by atoms with E-state index in [1.165, 1.54) is 5.56 Å². The molecular weight excluding hydrogens is 200 g/mol. The Morgan fingerprint density at radius 3 is 2.62 bits per heavy atom. The monoisotopic (exact) mass is 216 g/mol. The van der Waals surface area contributed by atoms with Gasteiger partial charge >= 0.3 is 0 Å². The van der Waals surface area contributed by atoms with Gasteiger partial charge in [-0.3, -0.25) is 10.2 Å². The molecule has 1 heterocycles. The summed E-state index contributed by atoms with van der Waals surface area (Å²) in [6, 6.07) is 8.10. The Balaban J connectivity index is 2.40. The van der Waals surface area contributed by atoms with Crippen LogP contribution in [-0.2, 0) is 4.79 Å². The largest absolute Gasteiger partial charge is 0.287 e. The minimum Gasteiger partial charge on any atom is -0.287 e. The summed E-state index contributed by atoms with van der Waals surface area (Å²) in [7, 11) is 0. The Kier molecular flexibility index (Phi) is 2.56. The van der Waals surface area contributed by atoms with Crippen molar-refractivity contribution in [2.75, 3.05) is 0 Å². The van der Waals surface area contributed by atoms with Crippen LogP contribution in [0.25, 0.3) is 6.08 Å². The first-order valence-electron chi connectivity index (χ1n) is 5.35. The SMILES string of the molecule is Cc1cccc(/C=C2\C(=O)NNC2(C)C)c1. The van der Waals surface area contributed by atoms with Gasteiger partial charge in [-0.05, 0) is 32.4 Å². The molecule has 1 amide bonds. The van der Waals surface area contributed by atoms with E-state index in [2.05, 4.69) is 16.9 Å². The first-order chi connectivity index (χ1) is 7.49. The van der Waals surface area contributed by atoms with Crippen LogP contribution < -0.4 is 10.9 Å². The second-order valence-corrected chi connectivity index (χ2v) is 4.68. The van der Waals surface area contributed by atoms with Gasteiger partial charge in [0.1, 0.15) is 0 Å². The third-order valence-electron chi connectivity index (χ3n) is 2.76. The summed E-state index contributed by atoms with van der Waals surface area (Å²) < 4.78 is 0. The highest BCUT2D eigenvalue weighted by Gasteiger charge is 2.34. The number of hydrogen-bond donors (Lipinski definition) is 2. The van der Waals surface area contributed by atoms with Gasteiger partial charge in [0.2, 0.25) is 0 Å². The summed E-state index contributed by atoms with van der Waals surface area (Å²) in [4.78, 5) is 11.6. The van der Waals surface area contributed by atoms with Crippen LogP contribution in [0.3, 0.4) is 0 Å². The van der Waals surface area contributed by atoms with E-state index in [-0.39, 0.29) is 11.4 Å². The average molecular weight is 216 g/mol. The predicted molar refractivity (Wildman–Crippen MR) is 64.5 cm³/mol. The van der Waals surface area contributed by atoms with Crippen molar-refractivity contribution >= 4 is 12.0 Å². The molecule has 0 aromatic heterocycles. The van der Waals surface area contributed by atoms with E-state index < -0.39 is 0 Å². The number of hydrazine groups is 1. The van der Waals surface area contributed by atoms with Gasteiger partial charge in [0, 0.05) is 5.57 Å². The van der Waals surface area contributed by atoms with Crippen LogP contribution in [-0.4, -0.2) is 11.4 Å². The highest BCUT2D eigenvalue weighted by atomic mass is 16.2. The fraction of sp³-hybridized carbons (Fsp3) is 0.308. The molecule has 2 N–H and O–H groups in total. The molecule has 1 fully saturated rings. The van der Waals surface area contributed by atoms with Gasteiger partial charge in [0.25, 0.3) is 5.91 Å². The summed E-state index contributed by atoms with van der Waals surface area (Å²) in [5, 5.41) is 0. The molecule has 0 aliphatic carbocycles. The summed E-state index contributed by atoms with van der Waals surface area (Å²) in [5.74, 6) is -0.0495. The lowest BCUT2D eigenvalue weighted by atomic mass is 9.94. The maximum Gasteiger partial charge on any atom is 0.263 e. The topological polar surface area (TPSA) is 41.1 Å². The Labute approximate surface area is 95.5 Å². The number of aryl methyl sites for hydroxylation is 1. The quantitative estimate of drug-likeness (QED) is 0.703. The molecule has 0 unspecified atom stereocenters. The summed E-state index contributed by atoms with van der Waals surface area (Å²) in [6.45, 7) is 6.00. The van der Waals surface area contributed by atoms with Crippen molar-refractivity contribution in [3.05, 3.63) is 41.0 Å². The van der Waals surface area contributed by atoms with Gasteiger partial charge in [0.15, 0.2) is 0 Å². The third-order valence-corrected chi connectivity index (χ3v) is 2.76. The fourth-order valence-electron chi connectivity index (χ4n) is 1.80. The van der Waals surface area contributed by atoms with E-state index in [0.29, 0.717) is 0 Å². The molecule has 0 radical (unpaired) electrons. The third kappa shape index (κ3) is 1.99. The molecule has 1 saturated heterocycles. The Hall–Kier alpha value is -1.61. The first kappa shape index (κ1) is 10.9. The molecule has 16 heavy (non-hydrogen) atoms. The Morgan fingerprint density at radius 1 is 1.31 bits per heavy atom. The van der Waals surface area contributed by atoms with Gasteiger partial charge in [0.05, 0.1) is 5.54 Å². The lowest BCUT2D eigenvalue weighted by Crippen LogP contribution is -2.38. The number of nitrogens with one attached hydrogen (secondary N) is 2. The standard InChI is InChI=1S/C13H16N2O/c1-9-5-4-6-10(7-9)8-11-12(16)14-15-13(11,2)3/h4-8,15H,1-3H3,(H,14,16)/b11-8+. The number of benzene rings is 1. The van der Waals surface area contributed by atoms with Gasteiger partial charge in [-0.15, -0.1) is 0 Å². The van der Waals surface area contributed by atoms with Crippen LogP contribution in [0, 0.1) is 6.92 Å². The number of rotatable bonds is 1.